The number of guanidine groups is 1. The van der Waals surface area contributed by atoms with E-state index < -0.39 is 0 Å². The Kier molecular flexibility index (Phi) is 9.54. The van der Waals surface area contributed by atoms with E-state index in [-0.39, 0.29) is 5.92 Å². The minimum Gasteiger partial charge on any atom is -0.381 e. The summed E-state index contributed by atoms with van der Waals surface area (Å²) in [5.41, 5.74) is 0.961. The number of halogens is 2. The zero-order valence-corrected chi connectivity index (χ0v) is 17.1. The fourth-order valence-electron chi connectivity index (χ4n) is 2.90. The van der Waals surface area contributed by atoms with Crippen LogP contribution in [-0.2, 0) is 9.47 Å². The van der Waals surface area contributed by atoms with Crippen molar-refractivity contribution in [2.75, 3.05) is 46.6 Å². The molecule has 0 amide bonds. The van der Waals surface area contributed by atoms with E-state index in [1.807, 2.05) is 18.2 Å². The molecule has 1 aromatic rings. The van der Waals surface area contributed by atoms with E-state index in [0.717, 1.165) is 57.3 Å². The first-order chi connectivity index (χ1) is 12.6. The Morgan fingerprint density at radius 3 is 2.77 bits per heavy atom. The standard InChI is InChI=1S/C19H29Cl2N3O2/c1-14(18-16(20)5-3-6-17(18)21)11-24-19(22-2)23-8-4-9-25-12-15-7-10-26-13-15/h3,5-6,14-15H,4,7-13H2,1-2H3,(H2,22,23,24). The molecule has 1 aliphatic heterocycles. The van der Waals surface area contributed by atoms with Gasteiger partial charge >= 0.3 is 0 Å². The van der Waals surface area contributed by atoms with E-state index in [9.17, 15) is 0 Å². The highest BCUT2D eigenvalue weighted by Crippen LogP contribution is 2.30. The van der Waals surface area contributed by atoms with Crippen LogP contribution in [0.4, 0.5) is 0 Å². The number of aliphatic imine (C=N–C) groups is 1. The minimum absolute atomic E-state index is 0.173. The largest absolute Gasteiger partial charge is 0.381 e. The molecule has 0 aromatic heterocycles. The van der Waals surface area contributed by atoms with Crippen LogP contribution in [0, 0.1) is 5.92 Å². The lowest BCUT2D eigenvalue weighted by Gasteiger charge is -2.18. The molecule has 1 heterocycles. The van der Waals surface area contributed by atoms with Gasteiger partial charge in [0.25, 0.3) is 0 Å². The molecule has 7 heteroatoms. The maximum absolute atomic E-state index is 6.27. The summed E-state index contributed by atoms with van der Waals surface area (Å²) >= 11 is 12.5. The van der Waals surface area contributed by atoms with Crippen molar-refractivity contribution >= 4 is 29.2 Å². The Labute approximate surface area is 166 Å². The van der Waals surface area contributed by atoms with Crippen LogP contribution >= 0.6 is 23.2 Å². The van der Waals surface area contributed by atoms with Crippen LogP contribution in [0.2, 0.25) is 10.0 Å². The molecule has 0 spiro atoms. The number of nitrogens with one attached hydrogen (secondary N) is 2. The molecule has 2 N–H and O–H groups in total. The van der Waals surface area contributed by atoms with Crippen LogP contribution in [0.25, 0.3) is 0 Å². The van der Waals surface area contributed by atoms with Crippen molar-refractivity contribution in [1.82, 2.24) is 10.6 Å². The van der Waals surface area contributed by atoms with Crippen LogP contribution in [0.5, 0.6) is 0 Å². The van der Waals surface area contributed by atoms with Gasteiger partial charge in [0, 0.05) is 55.2 Å². The molecule has 2 unspecified atom stereocenters. The van der Waals surface area contributed by atoms with Crippen molar-refractivity contribution in [3.63, 3.8) is 0 Å². The molecule has 1 aromatic carbocycles. The van der Waals surface area contributed by atoms with Crippen molar-refractivity contribution in [1.29, 1.82) is 0 Å². The maximum Gasteiger partial charge on any atom is 0.190 e. The predicted molar refractivity (Wildman–Crippen MR) is 109 cm³/mol. The van der Waals surface area contributed by atoms with Gasteiger partial charge in [-0.25, -0.2) is 0 Å². The topological polar surface area (TPSA) is 54.9 Å². The highest BCUT2D eigenvalue weighted by Gasteiger charge is 2.15. The molecule has 1 fully saturated rings. The first kappa shape index (κ1) is 21.3. The van der Waals surface area contributed by atoms with Gasteiger partial charge in [-0.05, 0) is 30.5 Å². The molecule has 2 atom stereocenters. The van der Waals surface area contributed by atoms with Crippen molar-refractivity contribution in [3.05, 3.63) is 33.8 Å². The van der Waals surface area contributed by atoms with Crippen molar-refractivity contribution in [2.24, 2.45) is 10.9 Å². The summed E-state index contributed by atoms with van der Waals surface area (Å²) in [5, 5.41) is 8.01. The lowest BCUT2D eigenvalue weighted by molar-refractivity contribution is 0.0888. The summed E-state index contributed by atoms with van der Waals surface area (Å²) in [5.74, 6) is 1.51. The number of nitrogens with zero attached hydrogens (tertiary/aromatic N) is 1. The number of hydrogen-bond donors (Lipinski definition) is 2. The highest BCUT2D eigenvalue weighted by atomic mass is 35.5. The van der Waals surface area contributed by atoms with E-state index in [1.54, 1.807) is 7.05 Å². The molecule has 26 heavy (non-hydrogen) atoms. The molecule has 0 bridgehead atoms. The van der Waals surface area contributed by atoms with Gasteiger partial charge in [-0.1, -0.05) is 36.2 Å². The maximum atomic E-state index is 6.27. The minimum atomic E-state index is 0.173. The number of hydrogen-bond acceptors (Lipinski definition) is 3. The van der Waals surface area contributed by atoms with Gasteiger partial charge in [0.2, 0.25) is 0 Å². The van der Waals surface area contributed by atoms with Gasteiger partial charge in [0.1, 0.15) is 0 Å². The zero-order valence-electron chi connectivity index (χ0n) is 15.6. The van der Waals surface area contributed by atoms with E-state index in [0.29, 0.717) is 22.5 Å². The summed E-state index contributed by atoms with van der Waals surface area (Å²) < 4.78 is 11.0. The monoisotopic (exact) mass is 401 g/mol. The average Bonchev–Trinajstić information content (AvgIpc) is 3.13. The first-order valence-corrected chi connectivity index (χ1v) is 9.91. The molecule has 5 nitrogen and oxygen atoms in total. The molecule has 146 valence electrons. The normalized spacial score (nSPS) is 18.8. The summed E-state index contributed by atoms with van der Waals surface area (Å²) in [6.07, 6.45) is 2.04. The second-order valence-corrected chi connectivity index (χ2v) is 7.39. The molecule has 2 rings (SSSR count). The molecular formula is C19H29Cl2N3O2. The number of ether oxygens (including phenoxy) is 2. The zero-order chi connectivity index (χ0) is 18.8. The van der Waals surface area contributed by atoms with Crippen molar-refractivity contribution in [2.45, 2.75) is 25.7 Å². The van der Waals surface area contributed by atoms with Crippen molar-refractivity contribution < 1.29 is 9.47 Å². The third-order valence-electron chi connectivity index (χ3n) is 4.43. The van der Waals surface area contributed by atoms with Crippen molar-refractivity contribution in [3.8, 4) is 0 Å². The third-order valence-corrected chi connectivity index (χ3v) is 5.09. The van der Waals surface area contributed by atoms with Gasteiger partial charge in [-0.3, -0.25) is 4.99 Å². The Morgan fingerprint density at radius 1 is 1.35 bits per heavy atom. The molecule has 0 saturated carbocycles. The first-order valence-electron chi connectivity index (χ1n) is 9.15. The molecule has 0 radical (unpaired) electrons. The second kappa shape index (κ2) is 11.7. The van der Waals surface area contributed by atoms with Gasteiger partial charge in [-0.15, -0.1) is 0 Å². The van der Waals surface area contributed by atoms with Crippen LogP contribution in [0.3, 0.4) is 0 Å². The highest BCUT2D eigenvalue weighted by molar-refractivity contribution is 6.36. The van der Waals surface area contributed by atoms with E-state index in [1.165, 1.54) is 0 Å². The van der Waals surface area contributed by atoms with Crippen LogP contribution in [0.1, 0.15) is 31.2 Å². The van der Waals surface area contributed by atoms with Gasteiger partial charge in [0.15, 0.2) is 5.96 Å². The molecule has 0 aliphatic carbocycles. The van der Waals surface area contributed by atoms with E-state index >= 15 is 0 Å². The SMILES string of the molecule is CN=C(NCCCOCC1CCOC1)NCC(C)c1c(Cl)cccc1Cl. The number of benzene rings is 1. The van der Waals surface area contributed by atoms with Crippen LogP contribution < -0.4 is 10.6 Å². The smallest absolute Gasteiger partial charge is 0.190 e. The van der Waals surface area contributed by atoms with Crippen LogP contribution in [0.15, 0.2) is 23.2 Å². The van der Waals surface area contributed by atoms with Gasteiger partial charge < -0.3 is 20.1 Å². The Bertz CT molecular complexity index is 558. The Balaban J connectivity index is 1.62. The quantitative estimate of drug-likeness (QED) is 0.376. The lowest BCUT2D eigenvalue weighted by atomic mass is 10.0. The molecular weight excluding hydrogens is 373 g/mol. The number of rotatable bonds is 9. The summed E-state index contributed by atoms with van der Waals surface area (Å²) in [6.45, 7) is 6.84. The average molecular weight is 402 g/mol. The summed E-state index contributed by atoms with van der Waals surface area (Å²) in [7, 11) is 1.76. The Hall–Kier alpha value is -1.01. The van der Waals surface area contributed by atoms with Gasteiger partial charge in [-0.2, -0.15) is 0 Å². The Morgan fingerprint density at radius 2 is 2.12 bits per heavy atom. The molecule has 1 saturated heterocycles. The fourth-order valence-corrected chi connectivity index (χ4v) is 3.67. The van der Waals surface area contributed by atoms with E-state index in [2.05, 4.69) is 22.5 Å². The predicted octanol–water partition coefficient (Wildman–Crippen LogP) is 3.71. The summed E-state index contributed by atoms with van der Waals surface area (Å²) in [6, 6.07) is 5.59. The molecule has 1 aliphatic rings. The van der Waals surface area contributed by atoms with Crippen LogP contribution in [-0.4, -0.2) is 52.5 Å². The summed E-state index contributed by atoms with van der Waals surface area (Å²) in [4.78, 5) is 4.25. The fraction of sp³-hybridized carbons (Fsp3) is 0.632. The van der Waals surface area contributed by atoms with Gasteiger partial charge in [0.05, 0.1) is 13.2 Å². The van der Waals surface area contributed by atoms with E-state index in [4.69, 9.17) is 32.7 Å². The second-order valence-electron chi connectivity index (χ2n) is 6.57. The lowest BCUT2D eigenvalue weighted by Crippen LogP contribution is -2.39. The third kappa shape index (κ3) is 6.95.